The third-order valence-electron chi connectivity index (χ3n) is 5.18. The van der Waals surface area contributed by atoms with E-state index in [1.54, 1.807) is 61.5 Å². The lowest BCUT2D eigenvalue weighted by Gasteiger charge is -2.24. The first kappa shape index (κ1) is 24.1. The van der Waals surface area contributed by atoms with Gasteiger partial charge in [-0.2, -0.15) is 4.31 Å². The van der Waals surface area contributed by atoms with Gasteiger partial charge in [-0.05, 0) is 73.9 Å². The Balaban J connectivity index is 2.04. The molecule has 3 rings (SSSR count). The molecular weight excluding hydrogens is 438 g/mol. The maximum Gasteiger partial charge on any atom is 0.271 e. The van der Waals surface area contributed by atoms with E-state index in [4.69, 9.17) is 9.47 Å². The van der Waals surface area contributed by atoms with E-state index < -0.39 is 15.9 Å². The molecule has 33 heavy (non-hydrogen) atoms. The van der Waals surface area contributed by atoms with E-state index in [0.29, 0.717) is 34.9 Å². The van der Waals surface area contributed by atoms with Crippen LogP contribution >= 0.6 is 0 Å². The van der Waals surface area contributed by atoms with Crippen molar-refractivity contribution < 1.29 is 22.7 Å². The van der Waals surface area contributed by atoms with E-state index in [2.05, 4.69) is 0 Å². The van der Waals surface area contributed by atoms with Gasteiger partial charge in [-0.15, -0.1) is 0 Å². The number of hydrogen-bond acceptors (Lipinski definition) is 5. The number of carbonyl (C=O) groups is 1. The summed E-state index contributed by atoms with van der Waals surface area (Å²) in [4.78, 5) is 13.4. The summed E-state index contributed by atoms with van der Waals surface area (Å²) in [7, 11) is -2.60. The van der Waals surface area contributed by atoms with Crippen molar-refractivity contribution in [1.29, 1.82) is 0 Å². The van der Waals surface area contributed by atoms with Crippen LogP contribution in [-0.4, -0.2) is 28.0 Å². The highest BCUT2D eigenvalue weighted by Gasteiger charge is 2.31. The molecule has 0 aliphatic rings. The fourth-order valence-corrected chi connectivity index (χ4v) is 4.78. The third kappa shape index (κ3) is 5.26. The van der Waals surface area contributed by atoms with Crippen molar-refractivity contribution in [2.75, 3.05) is 18.0 Å². The molecule has 0 aliphatic carbocycles. The van der Waals surface area contributed by atoms with Crippen LogP contribution in [0.5, 0.6) is 11.5 Å². The zero-order valence-electron chi connectivity index (χ0n) is 19.1. The Morgan fingerprint density at radius 2 is 1.70 bits per heavy atom. The van der Waals surface area contributed by atoms with E-state index in [1.807, 2.05) is 19.9 Å². The number of anilines is 1. The second-order valence-electron chi connectivity index (χ2n) is 7.32. The fraction of sp³-hybridized carbons (Fsp3) is 0.192. The summed E-state index contributed by atoms with van der Waals surface area (Å²) < 4.78 is 38.7. The standard InChI is InChI=1S/C26H27NO5S/c1-5-32-24-16-14-21(18-25(24)31-4)15-17-26(28)27(23-13-9-10-19(2)20(23)3)33(29,30)22-11-7-6-8-12-22/h6-18H,5H2,1-4H3/b17-15+. The van der Waals surface area contributed by atoms with Crippen LogP contribution in [0.3, 0.4) is 0 Å². The fourth-order valence-electron chi connectivity index (χ4n) is 3.32. The summed E-state index contributed by atoms with van der Waals surface area (Å²) in [5.74, 6) is 0.433. The van der Waals surface area contributed by atoms with Crippen molar-refractivity contribution in [3.63, 3.8) is 0 Å². The maximum atomic E-state index is 13.5. The monoisotopic (exact) mass is 465 g/mol. The van der Waals surface area contributed by atoms with Gasteiger partial charge in [0.2, 0.25) is 0 Å². The summed E-state index contributed by atoms with van der Waals surface area (Å²) in [6, 6.07) is 18.4. The minimum absolute atomic E-state index is 0.0374. The molecule has 3 aromatic rings. The van der Waals surface area contributed by atoms with Crippen molar-refractivity contribution in [1.82, 2.24) is 0 Å². The minimum atomic E-state index is -4.14. The second kappa shape index (κ2) is 10.4. The smallest absolute Gasteiger partial charge is 0.271 e. The number of ether oxygens (including phenoxy) is 2. The number of aryl methyl sites for hydroxylation is 1. The maximum absolute atomic E-state index is 13.5. The highest BCUT2D eigenvalue weighted by Crippen LogP contribution is 2.30. The van der Waals surface area contributed by atoms with Gasteiger partial charge in [0, 0.05) is 6.08 Å². The number of nitrogens with zero attached hydrogens (tertiary/aromatic N) is 1. The molecule has 0 spiro atoms. The van der Waals surface area contributed by atoms with Crippen molar-refractivity contribution in [2.45, 2.75) is 25.7 Å². The van der Waals surface area contributed by atoms with Crippen molar-refractivity contribution in [3.05, 3.63) is 89.5 Å². The van der Waals surface area contributed by atoms with Gasteiger partial charge in [-0.25, -0.2) is 8.42 Å². The van der Waals surface area contributed by atoms with Gasteiger partial charge in [0.25, 0.3) is 15.9 Å². The number of methoxy groups -OCH3 is 1. The lowest BCUT2D eigenvalue weighted by atomic mass is 10.1. The molecule has 0 heterocycles. The molecule has 0 saturated heterocycles. The summed E-state index contributed by atoms with van der Waals surface area (Å²) in [5.41, 5.74) is 2.58. The van der Waals surface area contributed by atoms with Gasteiger partial charge in [0.15, 0.2) is 11.5 Å². The molecule has 0 atom stereocenters. The lowest BCUT2D eigenvalue weighted by Crippen LogP contribution is -2.36. The van der Waals surface area contributed by atoms with Crippen LogP contribution in [0.4, 0.5) is 5.69 Å². The summed E-state index contributed by atoms with van der Waals surface area (Å²) in [6.07, 6.45) is 2.80. The Morgan fingerprint density at radius 3 is 2.36 bits per heavy atom. The molecule has 0 saturated carbocycles. The second-order valence-corrected chi connectivity index (χ2v) is 9.10. The molecule has 0 fully saturated rings. The number of rotatable bonds is 8. The third-order valence-corrected chi connectivity index (χ3v) is 6.91. The number of benzene rings is 3. The first-order valence-electron chi connectivity index (χ1n) is 10.5. The van der Waals surface area contributed by atoms with Gasteiger partial charge in [-0.3, -0.25) is 4.79 Å². The summed E-state index contributed by atoms with van der Waals surface area (Å²) in [5, 5.41) is 0. The van der Waals surface area contributed by atoms with Crippen LogP contribution in [-0.2, 0) is 14.8 Å². The first-order chi connectivity index (χ1) is 15.8. The minimum Gasteiger partial charge on any atom is -0.493 e. The molecule has 3 aromatic carbocycles. The Labute approximate surface area is 195 Å². The molecule has 0 aliphatic heterocycles. The number of sulfonamides is 1. The Hall–Kier alpha value is -3.58. The topological polar surface area (TPSA) is 72.9 Å². The van der Waals surface area contributed by atoms with E-state index >= 15 is 0 Å². The molecular formula is C26H27NO5S. The zero-order chi connectivity index (χ0) is 24.0. The van der Waals surface area contributed by atoms with Crippen LogP contribution in [0.1, 0.15) is 23.6 Å². The molecule has 7 heteroatoms. The van der Waals surface area contributed by atoms with Crippen molar-refractivity contribution >= 4 is 27.7 Å². The average Bonchev–Trinajstić information content (AvgIpc) is 2.82. The van der Waals surface area contributed by atoms with E-state index in [-0.39, 0.29) is 4.90 Å². The summed E-state index contributed by atoms with van der Waals surface area (Å²) in [6.45, 7) is 6.04. The number of amides is 1. The average molecular weight is 466 g/mol. The predicted molar refractivity (Wildman–Crippen MR) is 130 cm³/mol. The Morgan fingerprint density at radius 1 is 0.970 bits per heavy atom. The summed E-state index contributed by atoms with van der Waals surface area (Å²) >= 11 is 0. The molecule has 0 N–H and O–H groups in total. The lowest BCUT2D eigenvalue weighted by molar-refractivity contribution is -0.113. The largest absolute Gasteiger partial charge is 0.493 e. The molecule has 0 bridgehead atoms. The van der Waals surface area contributed by atoms with Gasteiger partial charge in [0.05, 0.1) is 24.3 Å². The highest BCUT2D eigenvalue weighted by atomic mass is 32.2. The first-order valence-corrected chi connectivity index (χ1v) is 11.9. The van der Waals surface area contributed by atoms with E-state index in [0.717, 1.165) is 9.87 Å². The molecule has 0 unspecified atom stereocenters. The van der Waals surface area contributed by atoms with Crippen LogP contribution in [0.25, 0.3) is 6.08 Å². The van der Waals surface area contributed by atoms with Crippen LogP contribution < -0.4 is 13.8 Å². The van der Waals surface area contributed by atoms with Gasteiger partial charge < -0.3 is 9.47 Å². The van der Waals surface area contributed by atoms with Gasteiger partial charge in [-0.1, -0.05) is 36.4 Å². The van der Waals surface area contributed by atoms with Crippen molar-refractivity contribution in [2.24, 2.45) is 0 Å². The quantitative estimate of drug-likeness (QED) is 0.431. The van der Waals surface area contributed by atoms with Crippen LogP contribution in [0, 0.1) is 13.8 Å². The molecule has 0 aromatic heterocycles. The van der Waals surface area contributed by atoms with Crippen LogP contribution in [0.2, 0.25) is 0 Å². The van der Waals surface area contributed by atoms with Crippen molar-refractivity contribution in [3.8, 4) is 11.5 Å². The molecule has 172 valence electrons. The van der Waals surface area contributed by atoms with E-state index in [1.165, 1.54) is 25.3 Å². The molecule has 0 radical (unpaired) electrons. The number of carbonyl (C=O) groups excluding carboxylic acids is 1. The van der Waals surface area contributed by atoms with Crippen LogP contribution in [0.15, 0.2) is 77.7 Å². The Bertz CT molecular complexity index is 1270. The molecule has 6 nitrogen and oxygen atoms in total. The molecule has 1 amide bonds. The van der Waals surface area contributed by atoms with E-state index in [9.17, 15) is 13.2 Å². The number of hydrogen-bond donors (Lipinski definition) is 0. The predicted octanol–water partition coefficient (Wildman–Crippen LogP) is 5.15. The normalized spacial score (nSPS) is 11.4. The van der Waals surface area contributed by atoms with Gasteiger partial charge in [0.1, 0.15) is 0 Å². The zero-order valence-corrected chi connectivity index (χ0v) is 19.9. The highest BCUT2D eigenvalue weighted by molar-refractivity contribution is 7.93. The van der Waals surface area contributed by atoms with Gasteiger partial charge >= 0.3 is 0 Å². The Kier molecular flexibility index (Phi) is 7.55. The SMILES string of the molecule is CCOc1ccc(/C=C/C(=O)N(c2cccc(C)c2C)S(=O)(=O)c2ccccc2)cc1OC.